The number of benzene rings is 2. The van der Waals surface area contributed by atoms with Gasteiger partial charge in [0.2, 0.25) is 0 Å². The first kappa shape index (κ1) is 20.4. The summed E-state index contributed by atoms with van der Waals surface area (Å²) in [6.07, 6.45) is 1.64. The van der Waals surface area contributed by atoms with Crippen molar-refractivity contribution in [3.8, 4) is 0 Å². The van der Waals surface area contributed by atoms with Crippen molar-refractivity contribution >= 4 is 23.2 Å². The van der Waals surface area contributed by atoms with Crippen LogP contribution in [0.3, 0.4) is 0 Å². The third kappa shape index (κ3) is 4.66. The summed E-state index contributed by atoms with van der Waals surface area (Å²) in [5, 5.41) is 3.59. The molecule has 0 bridgehead atoms. The van der Waals surface area contributed by atoms with Crippen molar-refractivity contribution in [2.24, 2.45) is 0 Å². The smallest absolute Gasteiger partial charge is 0.251 e. The van der Waals surface area contributed by atoms with E-state index in [4.69, 9.17) is 16.0 Å². The van der Waals surface area contributed by atoms with E-state index in [0.29, 0.717) is 35.9 Å². The highest BCUT2D eigenvalue weighted by molar-refractivity contribution is 6.30. The first-order valence-electron chi connectivity index (χ1n) is 9.92. The fourth-order valence-electron chi connectivity index (χ4n) is 3.77. The molecule has 1 amide bonds. The zero-order chi connectivity index (χ0) is 20.9. The van der Waals surface area contributed by atoms with E-state index in [0.717, 1.165) is 18.8 Å². The average molecular weight is 428 g/mol. The molecule has 0 radical (unpaired) electrons. The summed E-state index contributed by atoms with van der Waals surface area (Å²) < 4.78 is 19.8. The maximum atomic E-state index is 14.1. The van der Waals surface area contributed by atoms with Crippen LogP contribution in [-0.4, -0.2) is 43.5 Å². The van der Waals surface area contributed by atoms with Crippen LogP contribution >= 0.6 is 11.6 Å². The summed E-state index contributed by atoms with van der Waals surface area (Å²) in [6, 6.07) is 17.3. The lowest BCUT2D eigenvalue weighted by Gasteiger charge is -2.39. The molecule has 0 spiro atoms. The molecule has 1 fully saturated rings. The van der Waals surface area contributed by atoms with E-state index in [1.54, 1.807) is 42.7 Å². The molecule has 1 saturated heterocycles. The summed E-state index contributed by atoms with van der Waals surface area (Å²) in [5.74, 6) is 0.433. The van der Waals surface area contributed by atoms with Crippen molar-refractivity contribution < 1.29 is 13.6 Å². The van der Waals surface area contributed by atoms with E-state index in [-0.39, 0.29) is 17.8 Å². The largest absolute Gasteiger partial charge is 0.468 e. The third-order valence-electron chi connectivity index (χ3n) is 5.38. The van der Waals surface area contributed by atoms with Gasteiger partial charge in [-0.1, -0.05) is 23.7 Å². The monoisotopic (exact) mass is 427 g/mol. The Bertz CT molecular complexity index is 970. The number of amides is 1. The number of para-hydroxylation sites is 1. The number of carbonyl (C=O) groups excluding carboxylic acids is 1. The number of halogens is 2. The van der Waals surface area contributed by atoms with Crippen molar-refractivity contribution in [1.82, 2.24) is 10.2 Å². The van der Waals surface area contributed by atoms with Gasteiger partial charge in [0, 0.05) is 43.3 Å². The molecule has 0 saturated carbocycles. The van der Waals surface area contributed by atoms with Gasteiger partial charge in [-0.15, -0.1) is 0 Å². The second-order valence-electron chi connectivity index (χ2n) is 7.22. The first-order chi connectivity index (χ1) is 14.6. The molecule has 1 aliphatic rings. The Balaban J connectivity index is 1.41. The van der Waals surface area contributed by atoms with Crippen molar-refractivity contribution in [3.05, 3.63) is 89.1 Å². The van der Waals surface area contributed by atoms with Gasteiger partial charge in [0.25, 0.3) is 5.91 Å². The normalized spacial score (nSPS) is 15.7. The van der Waals surface area contributed by atoms with E-state index < -0.39 is 0 Å². The maximum absolute atomic E-state index is 14.1. The Hall–Kier alpha value is -2.83. The standard InChI is InChI=1S/C23H23ClFN3O2/c24-18-9-7-17(8-10-18)23(29)26-16-21(22-6-3-15-30-22)28-13-11-27(12-14-28)20-5-2-1-4-19(20)25/h1-10,15,21H,11-14,16H2,(H,26,29)/t21-/m0/s1. The molecule has 30 heavy (non-hydrogen) atoms. The van der Waals surface area contributed by atoms with Crippen LogP contribution in [0.2, 0.25) is 5.02 Å². The summed E-state index contributed by atoms with van der Waals surface area (Å²) in [7, 11) is 0. The van der Waals surface area contributed by atoms with Gasteiger partial charge in [-0.25, -0.2) is 4.39 Å². The molecule has 1 aliphatic heterocycles. The summed E-state index contributed by atoms with van der Waals surface area (Å²) in [4.78, 5) is 16.8. The second-order valence-corrected chi connectivity index (χ2v) is 7.66. The Morgan fingerprint density at radius 3 is 2.43 bits per heavy atom. The molecule has 2 heterocycles. The van der Waals surface area contributed by atoms with Crippen molar-refractivity contribution in [1.29, 1.82) is 0 Å². The minimum absolute atomic E-state index is 0.0981. The zero-order valence-corrected chi connectivity index (χ0v) is 17.2. The first-order valence-corrected chi connectivity index (χ1v) is 10.3. The molecule has 156 valence electrons. The van der Waals surface area contributed by atoms with Gasteiger partial charge in [0.15, 0.2) is 0 Å². The number of carbonyl (C=O) groups is 1. The van der Waals surface area contributed by atoms with Crippen LogP contribution in [0, 0.1) is 5.82 Å². The van der Waals surface area contributed by atoms with Crippen molar-refractivity contribution in [3.63, 3.8) is 0 Å². The van der Waals surface area contributed by atoms with E-state index in [1.807, 2.05) is 18.2 Å². The molecule has 2 aromatic carbocycles. The molecular weight excluding hydrogens is 405 g/mol. The topological polar surface area (TPSA) is 48.7 Å². The van der Waals surface area contributed by atoms with Gasteiger partial charge in [-0.05, 0) is 48.5 Å². The van der Waals surface area contributed by atoms with E-state index in [9.17, 15) is 9.18 Å². The Morgan fingerprint density at radius 2 is 1.77 bits per heavy atom. The fourth-order valence-corrected chi connectivity index (χ4v) is 3.89. The van der Waals surface area contributed by atoms with Gasteiger partial charge >= 0.3 is 0 Å². The highest BCUT2D eigenvalue weighted by Crippen LogP contribution is 2.25. The zero-order valence-electron chi connectivity index (χ0n) is 16.4. The van der Waals surface area contributed by atoms with Crippen LogP contribution in [0.5, 0.6) is 0 Å². The fraction of sp³-hybridized carbons (Fsp3) is 0.261. The number of nitrogens with one attached hydrogen (secondary N) is 1. The van der Waals surface area contributed by atoms with E-state index in [2.05, 4.69) is 15.1 Å². The number of piperazine rings is 1. The minimum Gasteiger partial charge on any atom is -0.468 e. The number of nitrogens with zero attached hydrogens (tertiary/aromatic N) is 2. The van der Waals surface area contributed by atoms with Crippen LogP contribution in [0.4, 0.5) is 10.1 Å². The third-order valence-corrected chi connectivity index (χ3v) is 5.63. The van der Waals surface area contributed by atoms with Crippen LogP contribution < -0.4 is 10.2 Å². The lowest BCUT2D eigenvalue weighted by Crippen LogP contribution is -2.50. The molecule has 1 atom stereocenters. The number of furan rings is 1. The molecular formula is C23H23ClFN3O2. The minimum atomic E-state index is -0.205. The van der Waals surface area contributed by atoms with Gasteiger partial charge in [-0.2, -0.15) is 0 Å². The lowest BCUT2D eigenvalue weighted by atomic mass is 10.1. The molecule has 5 nitrogen and oxygen atoms in total. The predicted molar refractivity (Wildman–Crippen MR) is 115 cm³/mol. The molecule has 3 aromatic rings. The van der Waals surface area contributed by atoms with E-state index in [1.165, 1.54) is 6.07 Å². The van der Waals surface area contributed by atoms with Gasteiger partial charge in [0.1, 0.15) is 11.6 Å². The Labute approximate surface area is 180 Å². The summed E-state index contributed by atoms with van der Waals surface area (Å²) in [5.41, 5.74) is 1.18. The van der Waals surface area contributed by atoms with Crippen LogP contribution in [-0.2, 0) is 0 Å². The summed E-state index contributed by atoms with van der Waals surface area (Å²) in [6.45, 7) is 3.27. The van der Waals surface area contributed by atoms with Crippen LogP contribution in [0.15, 0.2) is 71.3 Å². The molecule has 1 N–H and O–H groups in total. The van der Waals surface area contributed by atoms with Crippen molar-refractivity contribution in [2.45, 2.75) is 6.04 Å². The Morgan fingerprint density at radius 1 is 1.03 bits per heavy atom. The molecule has 4 rings (SSSR count). The quantitative estimate of drug-likeness (QED) is 0.634. The average Bonchev–Trinajstić information content (AvgIpc) is 3.30. The van der Waals surface area contributed by atoms with Crippen molar-refractivity contribution in [2.75, 3.05) is 37.6 Å². The number of rotatable bonds is 6. The molecule has 1 aromatic heterocycles. The number of hydrogen-bond donors (Lipinski definition) is 1. The predicted octanol–water partition coefficient (Wildman–Crippen LogP) is 4.37. The van der Waals surface area contributed by atoms with Gasteiger partial charge < -0.3 is 14.6 Å². The molecule has 0 unspecified atom stereocenters. The summed E-state index contributed by atoms with van der Waals surface area (Å²) >= 11 is 5.90. The SMILES string of the molecule is O=C(NC[C@@H](c1ccco1)N1CCN(c2ccccc2F)CC1)c1ccc(Cl)cc1. The highest BCUT2D eigenvalue weighted by atomic mass is 35.5. The van der Waals surface area contributed by atoms with Crippen LogP contribution in [0.25, 0.3) is 0 Å². The Kier molecular flexibility index (Phi) is 6.35. The lowest BCUT2D eigenvalue weighted by molar-refractivity contribution is 0.0922. The van der Waals surface area contributed by atoms with Gasteiger partial charge in [0.05, 0.1) is 18.0 Å². The van der Waals surface area contributed by atoms with E-state index >= 15 is 0 Å². The molecule has 7 heteroatoms. The second kappa shape index (κ2) is 9.32. The van der Waals surface area contributed by atoms with Gasteiger partial charge in [-0.3, -0.25) is 9.69 Å². The highest BCUT2D eigenvalue weighted by Gasteiger charge is 2.28. The molecule has 0 aliphatic carbocycles. The number of hydrogen-bond acceptors (Lipinski definition) is 4. The maximum Gasteiger partial charge on any atom is 0.251 e. The number of anilines is 1. The van der Waals surface area contributed by atoms with Crippen LogP contribution in [0.1, 0.15) is 22.2 Å².